The fourth-order valence-corrected chi connectivity index (χ4v) is 2.82. The molecule has 2 fully saturated rings. The third-order valence-corrected chi connectivity index (χ3v) is 4.37. The van der Waals surface area contributed by atoms with Gasteiger partial charge in [-0.15, -0.1) is 0 Å². The smallest absolute Gasteiger partial charge is 0.201 e. The first kappa shape index (κ1) is 13.6. The molecule has 2 aliphatic carbocycles. The minimum absolute atomic E-state index is 0.0465. The van der Waals surface area contributed by atoms with Gasteiger partial charge in [-0.1, -0.05) is 25.0 Å². The van der Waals surface area contributed by atoms with Crippen LogP contribution in [-0.4, -0.2) is 6.10 Å². The SMILES string of the molecule is Fc1c(/C=C/C2CCCC2)ccc(OC2CCC2)c1F. The molecule has 0 radical (unpaired) electrons. The Morgan fingerprint density at radius 1 is 0.950 bits per heavy atom. The molecule has 0 bridgehead atoms. The fraction of sp³-hybridized carbons (Fsp3) is 0.529. The molecule has 0 heterocycles. The van der Waals surface area contributed by atoms with Crippen LogP contribution in [0, 0.1) is 17.6 Å². The Labute approximate surface area is 118 Å². The van der Waals surface area contributed by atoms with E-state index >= 15 is 0 Å². The van der Waals surface area contributed by atoms with Gasteiger partial charge in [0.2, 0.25) is 5.82 Å². The van der Waals surface area contributed by atoms with Crippen molar-refractivity contribution >= 4 is 6.08 Å². The van der Waals surface area contributed by atoms with Crippen molar-refractivity contribution in [1.82, 2.24) is 0 Å². The van der Waals surface area contributed by atoms with E-state index in [0.717, 1.165) is 32.1 Å². The maximum Gasteiger partial charge on any atom is 0.201 e. The second kappa shape index (κ2) is 5.94. The molecule has 0 spiro atoms. The summed E-state index contributed by atoms with van der Waals surface area (Å²) >= 11 is 0. The zero-order valence-corrected chi connectivity index (χ0v) is 11.6. The number of hydrogen-bond donors (Lipinski definition) is 0. The highest BCUT2D eigenvalue weighted by Crippen LogP contribution is 2.30. The first-order valence-electron chi connectivity index (χ1n) is 7.57. The number of halogens is 2. The highest BCUT2D eigenvalue weighted by molar-refractivity contribution is 5.52. The third-order valence-electron chi connectivity index (χ3n) is 4.37. The molecule has 0 aromatic heterocycles. The molecule has 1 aromatic rings. The third kappa shape index (κ3) is 2.87. The van der Waals surface area contributed by atoms with E-state index in [2.05, 4.69) is 0 Å². The van der Waals surface area contributed by atoms with Gasteiger partial charge < -0.3 is 4.74 Å². The van der Waals surface area contributed by atoms with E-state index in [-0.39, 0.29) is 11.9 Å². The van der Waals surface area contributed by atoms with Crippen LogP contribution in [0.3, 0.4) is 0 Å². The highest BCUT2D eigenvalue weighted by atomic mass is 19.2. The summed E-state index contributed by atoms with van der Waals surface area (Å²) in [5, 5.41) is 0. The molecule has 3 heteroatoms. The van der Waals surface area contributed by atoms with E-state index in [0.29, 0.717) is 11.5 Å². The molecule has 3 rings (SSSR count). The normalized spacial score (nSPS) is 20.5. The monoisotopic (exact) mass is 278 g/mol. The molecule has 2 saturated carbocycles. The molecule has 0 amide bonds. The van der Waals surface area contributed by atoms with Crippen LogP contribution in [0.1, 0.15) is 50.5 Å². The molecule has 0 N–H and O–H groups in total. The molecule has 1 aromatic carbocycles. The number of ether oxygens (including phenoxy) is 1. The lowest BCUT2D eigenvalue weighted by Gasteiger charge is -2.26. The van der Waals surface area contributed by atoms with E-state index in [1.807, 2.05) is 6.08 Å². The zero-order chi connectivity index (χ0) is 13.9. The van der Waals surface area contributed by atoms with E-state index in [9.17, 15) is 8.78 Å². The lowest BCUT2D eigenvalue weighted by Crippen LogP contribution is -2.25. The summed E-state index contributed by atoms with van der Waals surface area (Å²) in [6.45, 7) is 0. The van der Waals surface area contributed by atoms with E-state index < -0.39 is 11.6 Å². The molecule has 0 unspecified atom stereocenters. The molecule has 1 nitrogen and oxygen atoms in total. The average Bonchev–Trinajstić information content (AvgIpc) is 2.90. The molecule has 108 valence electrons. The summed E-state index contributed by atoms with van der Waals surface area (Å²) in [4.78, 5) is 0. The molecule has 0 saturated heterocycles. The molecule has 0 aliphatic heterocycles. The Bertz CT molecular complexity index is 500. The van der Waals surface area contributed by atoms with Gasteiger partial charge in [0.25, 0.3) is 0 Å². The first-order chi connectivity index (χ1) is 9.74. The summed E-state index contributed by atoms with van der Waals surface area (Å²) in [7, 11) is 0. The van der Waals surface area contributed by atoms with Crippen molar-refractivity contribution in [3.63, 3.8) is 0 Å². The Morgan fingerprint density at radius 3 is 2.35 bits per heavy atom. The van der Waals surface area contributed by atoms with Crippen molar-refractivity contribution < 1.29 is 13.5 Å². The van der Waals surface area contributed by atoms with Crippen molar-refractivity contribution in [2.75, 3.05) is 0 Å². The lowest BCUT2D eigenvalue weighted by molar-refractivity contribution is 0.114. The van der Waals surface area contributed by atoms with Gasteiger partial charge in [0.15, 0.2) is 11.6 Å². The van der Waals surface area contributed by atoms with Gasteiger partial charge in [0.05, 0.1) is 6.10 Å². The summed E-state index contributed by atoms with van der Waals surface area (Å²) in [6.07, 6.45) is 11.5. The summed E-state index contributed by atoms with van der Waals surface area (Å²) in [5.41, 5.74) is 0.315. The number of benzene rings is 1. The van der Waals surface area contributed by atoms with Gasteiger partial charge in [0, 0.05) is 5.56 Å². The van der Waals surface area contributed by atoms with Gasteiger partial charge in [-0.25, -0.2) is 4.39 Å². The van der Waals surface area contributed by atoms with Gasteiger partial charge in [0.1, 0.15) is 0 Å². The van der Waals surface area contributed by atoms with Gasteiger partial charge in [-0.3, -0.25) is 0 Å². The van der Waals surface area contributed by atoms with Crippen molar-refractivity contribution in [3.05, 3.63) is 35.4 Å². The van der Waals surface area contributed by atoms with Crippen molar-refractivity contribution in [2.45, 2.75) is 51.0 Å². The van der Waals surface area contributed by atoms with Gasteiger partial charge >= 0.3 is 0 Å². The predicted octanol–water partition coefficient (Wildman–Crippen LogP) is 5.10. The van der Waals surface area contributed by atoms with Crippen molar-refractivity contribution in [1.29, 1.82) is 0 Å². The first-order valence-corrected chi connectivity index (χ1v) is 7.57. The minimum Gasteiger partial charge on any atom is -0.487 e. The van der Waals surface area contributed by atoms with E-state index in [4.69, 9.17) is 4.74 Å². The average molecular weight is 278 g/mol. The maximum atomic E-state index is 14.0. The van der Waals surface area contributed by atoms with Crippen LogP contribution in [0.2, 0.25) is 0 Å². The summed E-state index contributed by atoms with van der Waals surface area (Å²) < 4.78 is 33.4. The topological polar surface area (TPSA) is 9.23 Å². The lowest BCUT2D eigenvalue weighted by atomic mass is 9.96. The Kier molecular flexibility index (Phi) is 4.04. The fourth-order valence-electron chi connectivity index (χ4n) is 2.82. The van der Waals surface area contributed by atoms with Gasteiger partial charge in [-0.05, 0) is 50.2 Å². The van der Waals surface area contributed by atoms with E-state index in [1.165, 1.54) is 12.8 Å². The number of allylic oxidation sites excluding steroid dienone is 1. The molecular weight excluding hydrogens is 258 g/mol. The van der Waals surface area contributed by atoms with Crippen LogP contribution in [0.5, 0.6) is 5.75 Å². The van der Waals surface area contributed by atoms with Crippen LogP contribution >= 0.6 is 0 Å². The second-order valence-electron chi connectivity index (χ2n) is 5.86. The van der Waals surface area contributed by atoms with Crippen molar-refractivity contribution in [2.24, 2.45) is 5.92 Å². The van der Waals surface area contributed by atoms with Crippen molar-refractivity contribution in [3.8, 4) is 5.75 Å². The van der Waals surface area contributed by atoms with Gasteiger partial charge in [-0.2, -0.15) is 4.39 Å². The van der Waals surface area contributed by atoms with Crippen LogP contribution in [0.25, 0.3) is 6.08 Å². The molecule has 20 heavy (non-hydrogen) atoms. The quantitative estimate of drug-likeness (QED) is 0.744. The maximum absolute atomic E-state index is 14.0. The highest BCUT2D eigenvalue weighted by Gasteiger charge is 2.22. The standard InChI is InChI=1S/C17H20F2O/c18-16-13(9-8-12-4-1-2-5-12)10-11-15(17(16)19)20-14-6-3-7-14/h8-12,14H,1-7H2/b9-8+. The Hall–Kier alpha value is -1.38. The van der Waals surface area contributed by atoms with Crippen LogP contribution in [0.15, 0.2) is 18.2 Å². The number of hydrogen-bond acceptors (Lipinski definition) is 1. The summed E-state index contributed by atoms with van der Waals surface area (Å²) in [6, 6.07) is 3.16. The predicted molar refractivity (Wildman–Crippen MR) is 75.6 cm³/mol. The number of rotatable bonds is 4. The Morgan fingerprint density at radius 2 is 1.70 bits per heavy atom. The molecule has 0 atom stereocenters. The van der Waals surface area contributed by atoms with Crippen LogP contribution in [0.4, 0.5) is 8.78 Å². The van der Waals surface area contributed by atoms with Crippen LogP contribution < -0.4 is 4.74 Å². The zero-order valence-electron chi connectivity index (χ0n) is 11.6. The Balaban J connectivity index is 1.73. The molecular formula is C17H20F2O. The van der Waals surface area contributed by atoms with Crippen LogP contribution in [-0.2, 0) is 0 Å². The van der Waals surface area contributed by atoms with E-state index in [1.54, 1.807) is 18.2 Å². The minimum atomic E-state index is -0.856. The largest absolute Gasteiger partial charge is 0.487 e. The molecule has 2 aliphatic rings. The second-order valence-corrected chi connectivity index (χ2v) is 5.86. The summed E-state index contributed by atoms with van der Waals surface area (Å²) in [5.74, 6) is -1.09.